The highest BCUT2D eigenvalue weighted by Crippen LogP contribution is 2.46. The van der Waals surface area contributed by atoms with Gasteiger partial charge in [0, 0.05) is 64.5 Å². The van der Waals surface area contributed by atoms with Crippen LogP contribution >= 0.6 is 0 Å². The fraction of sp³-hybridized carbons (Fsp3) is 0.672. The van der Waals surface area contributed by atoms with Crippen molar-refractivity contribution in [2.45, 2.75) is 248 Å². The number of unbranched alkanes of at least 4 members (excludes halogenated alkanes) is 10. The van der Waals surface area contributed by atoms with Crippen LogP contribution in [-0.4, -0.2) is 120 Å². The molecule has 79 heavy (non-hydrogen) atoms. The maximum absolute atomic E-state index is 11.8. The molecule has 18 nitrogen and oxygen atoms in total. The summed E-state index contributed by atoms with van der Waals surface area (Å²) in [5, 5.41) is 21.4. The third kappa shape index (κ3) is 17.4. The Morgan fingerprint density at radius 1 is 0.595 bits per heavy atom. The number of hydrogen-bond acceptors (Lipinski definition) is 18. The molecule has 8 aliphatic rings. The smallest absolute Gasteiger partial charge is 0.330 e. The van der Waals surface area contributed by atoms with Crippen LogP contribution in [0.5, 0.6) is 23.0 Å². The van der Waals surface area contributed by atoms with Crippen molar-refractivity contribution < 1.29 is 86.2 Å². The van der Waals surface area contributed by atoms with Gasteiger partial charge >= 0.3 is 23.9 Å². The van der Waals surface area contributed by atoms with Crippen molar-refractivity contribution in [2.75, 3.05) is 13.6 Å². The summed E-state index contributed by atoms with van der Waals surface area (Å²) in [6, 6.07) is 12.3. The van der Waals surface area contributed by atoms with Crippen LogP contribution < -0.4 is 18.9 Å². The number of aliphatic hydroxyl groups is 2. The maximum Gasteiger partial charge on any atom is 0.330 e. The van der Waals surface area contributed by atoms with Crippen LogP contribution in [0.4, 0.5) is 0 Å². The number of benzene rings is 2. The zero-order chi connectivity index (χ0) is 54.5. The van der Waals surface area contributed by atoms with E-state index >= 15 is 0 Å². The molecular weight excluding hydrogens is 1020 g/mol. The van der Waals surface area contributed by atoms with E-state index in [0.717, 1.165) is 93.6 Å². The summed E-state index contributed by atoms with van der Waals surface area (Å²) in [6.07, 6.45) is 22.5. The Morgan fingerprint density at radius 3 is 1.63 bits per heavy atom. The van der Waals surface area contributed by atoms with E-state index in [0.29, 0.717) is 71.4 Å². The third-order valence-electron chi connectivity index (χ3n) is 15.8. The summed E-state index contributed by atoms with van der Waals surface area (Å²) in [7, 11) is 0. The fourth-order valence-corrected chi connectivity index (χ4v) is 12.3. The second kappa shape index (κ2) is 28.4. The summed E-state index contributed by atoms with van der Waals surface area (Å²) < 4.78 is 68.7. The predicted molar refractivity (Wildman–Crippen MR) is 287 cm³/mol. The van der Waals surface area contributed by atoms with Crippen LogP contribution in [0.15, 0.2) is 60.7 Å². The number of esters is 4. The minimum Gasteiger partial charge on any atom is -0.462 e. The van der Waals surface area contributed by atoms with E-state index in [1.807, 2.05) is 12.1 Å². The van der Waals surface area contributed by atoms with Gasteiger partial charge in [-0.25, -0.2) is 9.59 Å². The molecule has 2 spiro atoms. The highest BCUT2D eigenvalue weighted by molar-refractivity contribution is 5.83. The summed E-state index contributed by atoms with van der Waals surface area (Å²) in [6.45, 7) is 3.43. The van der Waals surface area contributed by atoms with E-state index in [2.05, 4.69) is 24.3 Å². The highest BCUT2D eigenvalue weighted by atomic mass is 16.7. The van der Waals surface area contributed by atoms with Crippen molar-refractivity contribution in [3.63, 3.8) is 0 Å². The molecule has 0 amide bonds. The van der Waals surface area contributed by atoms with Crippen LogP contribution in [0.2, 0.25) is 0 Å². The van der Waals surface area contributed by atoms with Gasteiger partial charge in [-0.1, -0.05) is 77.3 Å². The number of fused-ring (bicyclic) bond motifs is 4. The summed E-state index contributed by atoms with van der Waals surface area (Å²) in [4.78, 5) is 46.8. The van der Waals surface area contributed by atoms with E-state index in [-0.39, 0.29) is 67.9 Å². The first kappa shape index (κ1) is 59.9. The van der Waals surface area contributed by atoms with Gasteiger partial charge in [0.2, 0.25) is 13.6 Å². The second-order valence-electron chi connectivity index (χ2n) is 22.4. The van der Waals surface area contributed by atoms with Crippen molar-refractivity contribution in [3.8, 4) is 23.0 Å². The molecule has 2 aromatic rings. The van der Waals surface area contributed by atoms with Gasteiger partial charge in [0.15, 0.2) is 34.6 Å². The summed E-state index contributed by atoms with van der Waals surface area (Å²) in [5.74, 6) is -0.0801. The largest absolute Gasteiger partial charge is 0.462 e. The first-order valence-corrected chi connectivity index (χ1v) is 28.7. The molecule has 0 aliphatic carbocycles. The SMILES string of the molecule is C.CC(=O)OC(CCCCCCCCc1ccc2c(c1)OCO2)CC1CC(O)CC2(CC3OC(=O)C=CC3O2)O1.CC(=O)OC1CC(CC(O)CCCCCCCCc2ccc3c(c2)OCO3)OC2(C1)CC1OC(=O)C=CC1O2. The average molecular weight is 1110 g/mol. The standard InChI is InChI=1S/2C30H40O9.CH4/c1-20(31)36-23(9-7-5-3-2-4-6-8-21-10-11-25-27(14-21)35-19-34-25)16-24-15-22(32)17-30(38-24)18-28-26(39-30)12-13-29(33)37-28;1-20(31)36-24-16-23(38-30(17-24)18-28-26(39-30)12-13-29(33)37-28)15-22(32)9-7-5-3-2-4-6-8-21-10-11-25-27(14-21)35-19-34-25;/h2*10-14,22-24,26,28,32H,2-9,15-19H2,1H3;1H4. The van der Waals surface area contributed by atoms with Gasteiger partial charge in [-0.05, 0) is 105 Å². The van der Waals surface area contributed by atoms with Crippen molar-refractivity contribution in [1.82, 2.24) is 0 Å². The Balaban J connectivity index is 0.000000205. The Labute approximate surface area is 465 Å². The molecule has 2 N–H and O–H groups in total. The van der Waals surface area contributed by atoms with Gasteiger partial charge in [-0.2, -0.15) is 0 Å². The van der Waals surface area contributed by atoms with E-state index in [4.69, 9.17) is 56.8 Å². The number of rotatable bonds is 24. The fourth-order valence-electron chi connectivity index (χ4n) is 12.3. The topological polar surface area (TPSA) is 219 Å². The van der Waals surface area contributed by atoms with Crippen molar-refractivity contribution in [1.29, 1.82) is 0 Å². The lowest BCUT2D eigenvalue weighted by Crippen LogP contribution is -2.48. The van der Waals surface area contributed by atoms with Crippen LogP contribution in [0.1, 0.15) is 174 Å². The number of carbonyl (C=O) groups excluding carboxylic acids is 4. The lowest BCUT2D eigenvalue weighted by atomic mass is 9.91. The van der Waals surface area contributed by atoms with Gasteiger partial charge < -0.3 is 67.1 Å². The molecule has 18 heteroatoms. The molecular formula is C61H84O18. The van der Waals surface area contributed by atoms with E-state index in [9.17, 15) is 29.4 Å². The van der Waals surface area contributed by atoms with Crippen molar-refractivity contribution in [2.24, 2.45) is 0 Å². The highest BCUT2D eigenvalue weighted by Gasteiger charge is 2.55. The van der Waals surface area contributed by atoms with E-state index < -0.39 is 36.0 Å². The second-order valence-corrected chi connectivity index (χ2v) is 22.4. The normalized spacial score (nSPS) is 29.4. The monoisotopic (exact) mass is 1100 g/mol. The molecule has 4 fully saturated rings. The Kier molecular flexibility index (Phi) is 21.6. The molecule has 12 unspecified atom stereocenters. The lowest BCUT2D eigenvalue weighted by molar-refractivity contribution is -0.287. The van der Waals surface area contributed by atoms with Crippen molar-refractivity contribution >= 4 is 23.9 Å². The van der Waals surface area contributed by atoms with Crippen LogP contribution in [-0.2, 0) is 69.9 Å². The number of hydrogen-bond donors (Lipinski definition) is 2. The minimum absolute atomic E-state index is 0. The van der Waals surface area contributed by atoms with E-state index in [1.54, 1.807) is 12.2 Å². The number of aliphatic hydroxyl groups excluding tert-OH is 2. The molecule has 8 aliphatic heterocycles. The molecule has 2 aromatic carbocycles. The molecule has 0 bridgehead atoms. The first-order chi connectivity index (χ1) is 37.7. The maximum atomic E-state index is 11.8. The van der Waals surface area contributed by atoms with Gasteiger partial charge in [0.05, 0.1) is 24.4 Å². The molecule has 12 atom stereocenters. The predicted octanol–water partition coefficient (Wildman–Crippen LogP) is 9.67. The Bertz CT molecular complexity index is 2410. The van der Waals surface area contributed by atoms with Gasteiger partial charge in [0.25, 0.3) is 0 Å². The quantitative estimate of drug-likeness (QED) is 0.0567. The zero-order valence-corrected chi connectivity index (χ0v) is 45.4. The lowest BCUT2D eigenvalue weighted by Gasteiger charge is -2.41. The average Bonchev–Trinajstić information content (AvgIpc) is 4.38. The van der Waals surface area contributed by atoms with Gasteiger partial charge in [0.1, 0.15) is 36.6 Å². The van der Waals surface area contributed by atoms with E-state index in [1.165, 1.54) is 62.8 Å². The van der Waals surface area contributed by atoms with Crippen LogP contribution in [0.3, 0.4) is 0 Å². The Hall–Kier alpha value is -5.24. The molecule has 0 saturated carbocycles. The zero-order valence-electron chi connectivity index (χ0n) is 45.4. The molecule has 436 valence electrons. The van der Waals surface area contributed by atoms with Gasteiger partial charge in [-0.15, -0.1) is 0 Å². The first-order valence-electron chi connectivity index (χ1n) is 28.7. The molecule has 4 saturated heterocycles. The molecule has 0 aromatic heterocycles. The number of carbonyl (C=O) groups is 4. The third-order valence-corrected chi connectivity index (χ3v) is 15.8. The molecule has 10 rings (SSSR count). The van der Waals surface area contributed by atoms with Crippen LogP contribution in [0, 0.1) is 0 Å². The number of aryl methyl sites for hydroxylation is 2. The summed E-state index contributed by atoms with van der Waals surface area (Å²) >= 11 is 0. The van der Waals surface area contributed by atoms with Crippen molar-refractivity contribution in [3.05, 3.63) is 71.8 Å². The molecule has 8 heterocycles. The molecule has 0 radical (unpaired) electrons. The van der Waals surface area contributed by atoms with Crippen LogP contribution in [0.25, 0.3) is 0 Å². The van der Waals surface area contributed by atoms with Gasteiger partial charge in [-0.3, -0.25) is 9.59 Å². The minimum atomic E-state index is -0.992. The number of ether oxygens (including phenoxy) is 12. The Morgan fingerprint density at radius 2 is 1.09 bits per heavy atom. The summed E-state index contributed by atoms with van der Waals surface area (Å²) in [5.41, 5.74) is 2.56.